The van der Waals surface area contributed by atoms with Gasteiger partial charge in [0.25, 0.3) is 0 Å². The molecule has 20 heavy (non-hydrogen) atoms. The van der Waals surface area contributed by atoms with Crippen molar-refractivity contribution in [1.29, 1.82) is 0 Å². The molecule has 0 N–H and O–H groups in total. The number of esters is 1. The van der Waals surface area contributed by atoms with E-state index >= 15 is 0 Å². The molecule has 3 aromatic heterocycles. The van der Waals surface area contributed by atoms with E-state index in [0.29, 0.717) is 24.0 Å². The van der Waals surface area contributed by atoms with Crippen molar-refractivity contribution in [2.75, 3.05) is 6.61 Å². The summed E-state index contributed by atoms with van der Waals surface area (Å²) in [6.45, 7) is 3.80. The smallest absolute Gasteiger partial charge is 0.358 e. The van der Waals surface area contributed by atoms with Crippen molar-refractivity contribution in [2.45, 2.75) is 13.8 Å². The van der Waals surface area contributed by atoms with E-state index in [2.05, 4.69) is 15.1 Å². The van der Waals surface area contributed by atoms with Gasteiger partial charge in [-0.1, -0.05) is 5.16 Å². The number of ether oxygens (including phenoxy) is 1. The molecule has 0 aliphatic rings. The van der Waals surface area contributed by atoms with E-state index in [1.165, 1.54) is 0 Å². The maximum atomic E-state index is 11.6. The molecular weight excluding hydrogens is 260 g/mol. The van der Waals surface area contributed by atoms with Gasteiger partial charge in [0.15, 0.2) is 5.69 Å². The SMILES string of the molecule is CCOC(=O)c1cn2cc(-c3noc(C)n3)ccc2n1. The van der Waals surface area contributed by atoms with Gasteiger partial charge in [-0.25, -0.2) is 9.78 Å². The van der Waals surface area contributed by atoms with Crippen LogP contribution in [0.5, 0.6) is 0 Å². The Morgan fingerprint density at radius 1 is 1.35 bits per heavy atom. The van der Waals surface area contributed by atoms with Crippen LogP contribution in [0.4, 0.5) is 0 Å². The van der Waals surface area contributed by atoms with E-state index in [1.54, 1.807) is 36.7 Å². The van der Waals surface area contributed by atoms with Crippen LogP contribution < -0.4 is 0 Å². The predicted molar refractivity (Wildman–Crippen MR) is 69.2 cm³/mol. The number of aromatic nitrogens is 4. The van der Waals surface area contributed by atoms with Crippen LogP contribution in [0.25, 0.3) is 17.0 Å². The molecule has 0 bridgehead atoms. The monoisotopic (exact) mass is 272 g/mol. The van der Waals surface area contributed by atoms with Gasteiger partial charge in [0, 0.05) is 24.9 Å². The number of pyridine rings is 1. The Bertz CT molecular complexity index is 775. The fourth-order valence-corrected chi connectivity index (χ4v) is 1.84. The zero-order valence-electron chi connectivity index (χ0n) is 11.0. The first-order valence-corrected chi connectivity index (χ1v) is 6.14. The number of carbonyl (C=O) groups is 1. The predicted octanol–water partition coefficient (Wildman–Crippen LogP) is 1.87. The highest BCUT2D eigenvalue weighted by Gasteiger charge is 2.13. The normalized spacial score (nSPS) is 10.9. The van der Waals surface area contributed by atoms with Crippen LogP contribution in [0.2, 0.25) is 0 Å². The molecule has 0 aliphatic carbocycles. The van der Waals surface area contributed by atoms with Crippen LogP contribution in [0.15, 0.2) is 29.0 Å². The van der Waals surface area contributed by atoms with E-state index in [-0.39, 0.29) is 5.69 Å². The first-order valence-electron chi connectivity index (χ1n) is 6.14. The molecule has 0 spiro atoms. The van der Waals surface area contributed by atoms with Gasteiger partial charge in [0.05, 0.1) is 6.61 Å². The Labute approximate surface area is 114 Å². The highest BCUT2D eigenvalue weighted by molar-refractivity contribution is 5.88. The van der Waals surface area contributed by atoms with Crippen molar-refractivity contribution in [3.63, 3.8) is 0 Å². The third-order valence-corrected chi connectivity index (χ3v) is 2.72. The van der Waals surface area contributed by atoms with Crippen molar-refractivity contribution >= 4 is 11.6 Å². The van der Waals surface area contributed by atoms with Crippen molar-refractivity contribution in [3.05, 3.63) is 36.1 Å². The van der Waals surface area contributed by atoms with Gasteiger partial charge in [-0.05, 0) is 19.1 Å². The van der Waals surface area contributed by atoms with Crippen molar-refractivity contribution in [3.8, 4) is 11.4 Å². The summed E-state index contributed by atoms with van der Waals surface area (Å²) in [6, 6.07) is 3.60. The second-order valence-electron chi connectivity index (χ2n) is 4.17. The molecule has 102 valence electrons. The number of rotatable bonds is 3. The van der Waals surface area contributed by atoms with Crippen LogP contribution in [0.3, 0.4) is 0 Å². The van der Waals surface area contributed by atoms with E-state index in [1.807, 2.05) is 6.07 Å². The van der Waals surface area contributed by atoms with Crippen LogP contribution in [-0.2, 0) is 4.74 Å². The summed E-state index contributed by atoms with van der Waals surface area (Å²) >= 11 is 0. The quantitative estimate of drug-likeness (QED) is 0.677. The van der Waals surface area contributed by atoms with Crippen molar-refractivity contribution in [1.82, 2.24) is 19.5 Å². The molecule has 0 unspecified atom stereocenters. The zero-order valence-corrected chi connectivity index (χ0v) is 11.0. The van der Waals surface area contributed by atoms with Gasteiger partial charge < -0.3 is 13.7 Å². The maximum absolute atomic E-state index is 11.6. The van der Waals surface area contributed by atoms with E-state index in [0.717, 1.165) is 5.56 Å². The lowest BCUT2D eigenvalue weighted by molar-refractivity contribution is 0.0520. The molecule has 0 saturated carbocycles. The summed E-state index contributed by atoms with van der Waals surface area (Å²) in [5.41, 5.74) is 1.70. The van der Waals surface area contributed by atoms with Gasteiger partial charge in [-0.3, -0.25) is 0 Å². The first kappa shape index (κ1) is 12.3. The highest BCUT2D eigenvalue weighted by atomic mass is 16.5. The third kappa shape index (κ3) is 2.13. The fourth-order valence-electron chi connectivity index (χ4n) is 1.84. The largest absolute Gasteiger partial charge is 0.461 e. The molecule has 7 heteroatoms. The van der Waals surface area contributed by atoms with Crippen LogP contribution in [-0.4, -0.2) is 32.1 Å². The van der Waals surface area contributed by atoms with Gasteiger partial charge in [-0.15, -0.1) is 0 Å². The number of hydrogen-bond donors (Lipinski definition) is 0. The number of aryl methyl sites for hydroxylation is 1. The summed E-state index contributed by atoms with van der Waals surface area (Å²) in [6.07, 6.45) is 3.40. The second-order valence-corrected chi connectivity index (χ2v) is 4.17. The molecule has 3 aromatic rings. The Hall–Kier alpha value is -2.70. The average molecular weight is 272 g/mol. The Morgan fingerprint density at radius 3 is 2.90 bits per heavy atom. The fraction of sp³-hybridized carbons (Fsp3) is 0.231. The maximum Gasteiger partial charge on any atom is 0.358 e. The van der Waals surface area contributed by atoms with E-state index in [4.69, 9.17) is 9.26 Å². The summed E-state index contributed by atoms with van der Waals surface area (Å²) in [7, 11) is 0. The molecular formula is C13H12N4O3. The van der Waals surface area contributed by atoms with Gasteiger partial charge in [0.1, 0.15) is 5.65 Å². The Balaban J connectivity index is 2.01. The standard InChI is InChI=1S/C13H12N4O3/c1-3-19-13(18)10-7-17-6-9(4-5-11(17)15-10)12-14-8(2)20-16-12/h4-7H,3H2,1-2H3. The molecule has 0 atom stereocenters. The minimum Gasteiger partial charge on any atom is -0.461 e. The van der Waals surface area contributed by atoms with E-state index < -0.39 is 5.97 Å². The Kier molecular flexibility index (Phi) is 2.94. The van der Waals surface area contributed by atoms with Crippen LogP contribution >= 0.6 is 0 Å². The third-order valence-electron chi connectivity index (χ3n) is 2.72. The molecule has 0 radical (unpaired) electrons. The molecule has 0 aromatic carbocycles. The lowest BCUT2D eigenvalue weighted by atomic mass is 10.3. The number of nitrogens with zero attached hydrogens (tertiary/aromatic N) is 4. The topological polar surface area (TPSA) is 82.5 Å². The highest BCUT2D eigenvalue weighted by Crippen LogP contribution is 2.17. The van der Waals surface area contributed by atoms with E-state index in [9.17, 15) is 4.79 Å². The van der Waals surface area contributed by atoms with Crippen molar-refractivity contribution < 1.29 is 14.1 Å². The van der Waals surface area contributed by atoms with Gasteiger partial charge >= 0.3 is 5.97 Å². The lowest BCUT2D eigenvalue weighted by Gasteiger charge is -1.96. The second kappa shape index (κ2) is 4.76. The number of carbonyl (C=O) groups excluding carboxylic acids is 1. The first-order chi connectivity index (χ1) is 9.67. The summed E-state index contributed by atoms with van der Waals surface area (Å²) in [5, 5.41) is 3.85. The van der Waals surface area contributed by atoms with Crippen LogP contribution in [0, 0.1) is 6.92 Å². The summed E-state index contributed by atoms with van der Waals surface area (Å²) < 4.78 is 11.6. The molecule has 7 nitrogen and oxygen atoms in total. The number of fused-ring (bicyclic) bond motifs is 1. The Morgan fingerprint density at radius 2 is 2.20 bits per heavy atom. The van der Waals surface area contributed by atoms with Crippen molar-refractivity contribution in [2.24, 2.45) is 0 Å². The minimum absolute atomic E-state index is 0.272. The molecule has 0 aliphatic heterocycles. The summed E-state index contributed by atoms with van der Waals surface area (Å²) in [5.74, 6) is 0.557. The lowest BCUT2D eigenvalue weighted by Crippen LogP contribution is -2.04. The molecule has 3 rings (SSSR count). The zero-order chi connectivity index (χ0) is 14.1. The molecule has 0 fully saturated rings. The minimum atomic E-state index is -0.437. The number of imidazole rings is 1. The summed E-state index contributed by atoms with van der Waals surface area (Å²) in [4.78, 5) is 20.0. The molecule has 0 amide bonds. The number of hydrogen-bond acceptors (Lipinski definition) is 6. The average Bonchev–Trinajstić information content (AvgIpc) is 3.04. The van der Waals surface area contributed by atoms with Gasteiger partial charge in [-0.2, -0.15) is 4.98 Å². The molecule has 0 saturated heterocycles. The van der Waals surface area contributed by atoms with Gasteiger partial charge in [0.2, 0.25) is 11.7 Å². The molecule has 3 heterocycles. The van der Waals surface area contributed by atoms with Crippen LogP contribution in [0.1, 0.15) is 23.3 Å².